The first-order chi connectivity index (χ1) is 10.1. The molecule has 1 saturated heterocycles. The van der Waals surface area contributed by atoms with Gasteiger partial charge >= 0.3 is 0 Å². The van der Waals surface area contributed by atoms with Crippen molar-refractivity contribution in [1.82, 2.24) is 10.2 Å². The largest absolute Gasteiger partial charge is 0.507 e. The van der Waals surface area contributed by atoms with E-state index in [2.05, 4.69) is 24.1 Å². The number of nitrogens with one attached hydrogen (secondary N) is 1. The second-order valence-electron chi connectivity index (χ2n) is 6.21. The van der Waals surface area contributed by atoms with Gasteiger partial charge in [0, 0.05) is 30.8 Å². The first-order valence-electron chi connectivity index (χ1n) is 7.90. The number of benzene rings is 1. The molecule has 0 unspecified atom stereocenters. The summed E-state index contributed by atoms with van der Waals surface area (Å²) in [5.74, 6) is 1.78. The molecule has 0 spiro atoms. The lowest BCUT2D eigenvalue weighted by Crippen LogP contribution is -2.39. The smallest absolute Gasteiger partial charge is 0.123 e. The topological polar surface area (TPSA) is 44.7 Å². The number of aromatic hydroxyl groups is 1. The number of hydrogen-bond acceptors (Lipinski definition) is 4. The molecule has 0 atom stereocenters. The third kappa shape index (κ3) is 4.61. The van der Waals surface area contributed by atoms with Crippen LogP contribution >= 0.6 is 0 Å². The number of nitrogens with zero attached hydrogens (tertiary/aromatic N) is 1. The summed E-state index contributed by atoms with van der Waals surface area (Å²) in [6, 6.07) is 6.05. The molecular weight excluding hydrogens is 264 g/mol. The van der Waals surface area contributed by atoms with Crippen LogP contribution in [0.15, 0.2) is 18.2 Å². The molecule has 1 aliphatic heterocycles. The van der Waals surface area contributed by atoms with Crippen LogP contribution in [0.1, 0.15) is 32.3 Å². The van der Waals surface area contributed by atoms with Crippen LogP contribution in [-0.2, 0) is 6.54 Å². The van der Waals surface area contributed by atoms with Crippen LogP contribution in [0.2, 0.25) is 0 Å². The van der Waals surface area contributed by atoms with Crippen molar-refractivity contribution in [3.05, 3.63) is 23.8 Å². The van der Waals surface area contributed by atoms with E-state index in [1.165, 1.54) is 12.8 Å². The van der Waals surface area contributed by atoms with Crippen LogP contribution in [0.3, 0.4) is 0 Å². The first kappa shape index (κ1) is 16.1. The lowest BCUT2D eigenvalue weighted by molar-refractivity contribution is 0.160. The highest BCUT2D eigenvalue weighted by atomic mass is 16.5. The highest BCUT2D eigenvalue weighted by molar-refractivity contribution is 5.39. The maximum absolute atomic E-state index is 10.1. The molecule has 1 aliphatic rings. The molecule has 0 aromatic heterocycles. The first-order valence-corrected chi connectivity index (χ1v) is 7.90. The quantitative estimate of drug-likeness (QED) is 0.846. The summed E-state index contributed by atoms with van der Waals surface area (Å²) < 4.78 is 5.14. The van der Waals surface area contributed by atoms with Crippen molar-refractivity contribution in [1.29, 1.82) is 0 Å². The fraction of sp³-hybridized carbons (Fsp3) is 0.647. The van der Waals surface area contributed by atoms with Crippen molar-refractivity contribution >= 4 is 0 Å². The van der Waals surface area contributed by atoms with Gasteiger partial charge < -0.3 is 15.2 Å². The Hall–Kier alpha value is -1.26. The number of methoxy groups -OCH3 is 1. The van der Waals surface area contributed by atoms with E-state index in [0.717, 1.165) is 37.7 Å². The van der Waals surface area contributed by atoms with Crippen LogP contribution in [0.4, 0.5) is 0 Å². The number of piperidine rings is 1. The number of phenolic OH excluding ortho intramolecular Hbond substituents is 1. The Labute approximate surface area is 128 Å². The summed E-state index contributed by atoms with van der Waals surface area (Å²) in [7, 11) is 1.62. The van der Waals surface area contributed by atoms with E-state index in [9.17, 15) is 5.11 Å². The summed E-state index contributed by atoms with van der Waals surface area (Å²) >= 11 is 0. The average Bonchev–Trinajstić information content (AvgIpc) is 2.49. The van der Waals surface area contributed by atoms with Crippen molar-refractivity contribution in [3.8, 4) is 11.5 Å². The van der Waals surface area contributed by atoms with Crippen molar-refractivity contribution in [2.24, 2.45) is 5.92 Å². The lowest BCUT2D eigenvalue weighted by Gasteiger charge is -2.33. The third-order valence-electron chi connectivity index (χ3n) is 4.35. The van der Waals surface area contributed by atoms with Crippen molar-refractivity contribution in [3.63, 3.8) is 0 Å². The minimum absolute atomic E-state index is 0.324. The molecule has 0 radical (unpaired) electrons. The molecule has 0 aliphatic carbocycles. The number of rotatable bonds is 6. The number of hydrogen-bond donors (Lipinski definition) is 2. The van der Waals surface area contributed by atoms with Crippen molar-refractivity contribution in [2.45, 2.75) is 39.3 Å². The predicted octanol–water partition coefficient (Wildman–Crippen LogP) is 2.61. The molecule has 4 heteroatoms. The van der Waals surface area contributed by atoms with Crippen LogP contribution in [-0.4, -0.2) is 42.8 Å². The van der Waals surface area contributed by atoms with Crippen molar-refractivity contribution < 1.29 is 9.84 Å². The minimum Gasteiger partial charge on any atom is -0.507 e. The van der Waals surface area contributed by atoms with E-state index in [0.29, 0.717) is 17.5 Å². The van der Waals surface area contributed by atoms with E-state index in [4.69, 9.17) is 4.74 Å². The molecule has 21 heavy (non-hydrogen) atoms. The minimum atomic E-state index is 0.324. The number of phenols is 1. The summed E-state index contributed by atoms with van der Waals surface area (Å²) in [5, 5.41) is 13.6. The molecule has 118 valence electrons. The molecule has 0 bridgehead atoms. The molecule has 1 fully saturated rings. The van der Waals surface area contributed by atoms with E-state index in [-0.39, 0.29) is 0 Å². The van der Waals surface area contributed by atoms with Gasteiger partial charge in [0.2, 0.25) is 0 Å². The van der Waals surface area contributed by atoms with E-state index in [1.54, 1.807) is 13.2 Å². The second kappa shape index (κ2) is 7.66. The monoisotopic (exact) mass is 292 g/mol. The lowest BCUT2D eigenvalue weighted by atomic mass is 9.96. The maximum atomic E-state index is 10.1. The normalized spacial score (nSPS) is 16.6. The summed E-state index contributed by atoms with van der Waals surface area (Å²) in [6.07, 6.45) is 2.50. The molecule has 0 saturated carbocycles. The third-order valence-corrected chi connectivity index (χ3v) is 4.35. The number of ether oxygens (including phenoxy) is 1. The van der Waals surface area contributed by atoms with Gasteiger partial charge in [-0.1, -0.05) is 6.07 Å². The van der Waals surface area contributed by atoms with Gasteiger partial charge in [-0.25, -0.2) is 0 Å². The molecule has 1 aromatic rings. The molecule has 2 N–H and O–H groups in total. The molecule has 4 nitrogen and oxygen atoms in total. The van der Waals surface area contributed by atoms with Gasteiger partial charge in [-0.05, 0) is 51.8 Å². The predicted molar refractivity (Wildman–Crippen MR) is 85.8 cm³/mol. The van der Waals surface area contributed by atoms with Crippen LogP contribution < -0.4 is 10.1 Å². The highest BCUT2D eigenvalue weighted by Crippen LogP contribution is 2.26. The zero-order valence-corrected chi connectivity index (χ0v) is 13.4. The van der Waals surface area contributed by atoms with Gasteiger partial charge in [-0.3, -0.25) is 4.90 Å². The van der Waals surface area contributed by atoms with Gasteiger partial charge in [0.15, 0.2) is 0 Å². The Morgan fingerprint density at radius 2 is 2.05 bits per heavy atom. The summed E-state index contributed by atoms with van der Waals surface area (Å²) in [6.45, 7) is 8.60. The standard InChI is InChI=1S/C17H28N2O2/c1-13(2)19(11-14-6-8-18-9-7-14)12-15-4-5-16(21-3)10-17(15)20/h4-5,10,13-14,18,20H,6-9,11-12H2,1-3H3. The molecule has 1 aromatic carbocycles. The van der Waals surface area contributed by atoms with E-state index in [1.807, 2.05) is 12.1 Å². The van der Waals surface area contributed by atoms with Gasteiger partial charge in [0.1, 0.15) is 11.5 Å². The second-order valence-corrected chi connectivity index (χ2v) is 6.21. The van der Waals surface area contributed by atoms with Gasteiger partial charge in [0.05, 0.1) is 7.11 Å². The van der Waals surface area contributed by atoms with Crippen LogP contribution in [0.25, 0.3) is 0 Å². The zero-order chi connectivity index (χ0) is 15.2. The van der Waals surface area contributed by atoms with E-state index >= 15 is 0 Å². The van der Waals surface area contributed by atoms with Crippen LogP contribution in [0, 0.1) is 5.92 Å². The van der Waals surface area contributed by atoms with E-state index < -0.39 is 0 Å². The maximum Gasteiger partial charge on any atom is 0.123 e. The SMILES string of the molecule is COc1ccc(CN(CC2CCNCC2)C(C)C)c(O)c1. The summed E-state index contributed by atoms with van der Waals surface area (Å²) in [4.78, 5) is 2.46. The highest BCUT2D eigenvalue weighted by Gasteiger charge is 2.20. The Kier molecular flexibility index (Phi) is 5.88. The molecule has 1 heterocycles. The Balaban J connectivity index is 2.01. The van der Waals surface area contributed by atoms with Gasteiger partial charge in [-0.15, -0.1) is 0 Å². The summed E-state index contributed by atoms with van der Waals surface area (Å²) in [5.41, 5.74) is 0.971. The Morgan fingerprint density at radius 3 is 2.62 bits per heavy atom. The average molecular weight is 292 g/mol. The Morgan fingerprint density at radius 1 is 1.33 bits per heavy atom. The van der Waals surface area contributed by atoms with Gasteiger partial charge in [0.25, 0.3) is 0 Å². The fourth-order valence-electron chi connectivity index (χ4n) is 2.88. The van der Waals surface area contributed by atoms with Crippen molar-refractivity contribution in [2.75, 3.05) is 26.7 Å². The van der Waals surface area contributed by atoms with Gasteiger partial charge in [-0.2, -0.15) is 0 Å². The molecular formula is C17H28N2O2. The zero-order valence-electron chi connectivity index (χ0n) is 13.4. The Bertz CT molecular complexity index is 442. The molecule has 0 amide bonds. The fourth-order valence-corrected chi connectivity index (χ4v) is 2.88. The molecule has 2 rings (SSSR count). The van der Waals surface area contributed by atoms with Crippen LogP contribution in [0.5, 0.6) is 11.5 Å².